The third-order valence-electron chi connectivity index (χ3n) is 2.51. The average molecular weight is 208 g/mol. The van der Waals surface area contributed by atoms with Gasteiger partial charge in [-0.3, -0.25) is 11.3 Å². The van der Waals surface area contributed by atoms with Crippen LogP contribution < -0.4 is 16.0 Å². The molecule has 3 heteroatoms. The standard InChI is InChI=1S/C12H20N2O/c1-9(2)10-4-5-12(15-3)11(8-10)6-7-14-13/h4-5,8-9,14H,6-7,13H2,1-3H3. The lowest BCUT2D eigenvalue weighted by Gasteiger charge is -2.12. The van der Waals surface area contributed by atoms with E-state index in [0.29, 0.717) is 5.92 Å². The van der Waals surface area contributed by atoms with Gasteiger partial charge in [-0.25, -0.2) is 0 Å². The maximum absolute atomic E-state index is 5.31. The van der Waals surface area contributed by atoms with Gasteiger partial charge in [-0.1, -0.05) is 26.0 Å². The molecule has 0 unspecified atom stereocenters. The molecule has 0 saturated carbocycles. The van der Waals surface area contributed by atoms with Gasteiger partial charge in [0.15, 0.2) is 0 Å². The minimum Gasteiger partial charge on any atom is -0.496 e. The number of nitrogens with one attached hydrogen (secondary N) is 1. The molecule has 0 amide bonds. The number of hydrogen-bond acceptors (Lipinski definition) is 3. The molecule has 0 aliphatic carbocycles. The summed E-state index contributed by atoms with van der Waals surface area (Å²) in [6.45, 7) is 5.14. The molecule has 3 nitrogen and oxygen atoms in total. The molecule has 0 aromatic heterocycles. The van der Waals surface area contributed by atoms with Gasteiger partial charge in [0.25, 0.3) is 0 Å². The quantitative estimate of drug-likeness (QED) is 0.573. The van der Waals surface area contributed by atoms with Crippen LogP contribution in [0.25, 0.3) is 0 Å². The Hall–Kier alpha value is -1.06. The Bertz CT molecular complexity index is 310. The molecule has 0 heterocycles. The number of hydrogen-bond donors (Lipinski definition) is 2. The average Bonchev–Trinajstić information content (AvgIpc) is 2.25. The molecule has 0 bridgehead atoms. The van der Waals surface area contributed by atoms with Crippen LogP contribution in [0.3, 0.4) is 0 Å². The van der Waals surface area contributed by atoms with Gasteiger partial charge in [-0.15, -0.1) is 0 Å². The van der Waals surface area contributed by atoms with Crippen LogP contribution in [-0.2, 0) is 6.42 Å². The van der Waals surface area contributed by atoms with E-state index in [4.69, 9.17) is 10.6 Å². The summed E-state index contributed by atoms with van der Waals surface area (Å²) in [6, 6.07) is 6.34. The molecule has 1 aromatic carbocycles. The fourth-order valence-corrected chi connectivity index (χ4v) is 1.56. The van der Waals surface area contributed by atoms with E-state index in [1.165, 1.54) is 11.1 Å². The van der Waals surface area contributed by atoms with Crippen molar-refractivity contribution in [1.82, 2.24) is 5.43 Å². The van der Waals surface area contributed by atoms with Gasteiger partial charge >= 0.3 is 0 Å². The van der Waals surface area contributed by atoms with Gasteiger partial charge in [-0.2, -0.15) is 0 Å². The third kappa shape index (κ3) is 3.22. The van der Waals surface area contributed by atoms with Gasteiger partial charge in [0, 0.05) is 6.54 Å². The SMILES string of the molecule is COc1ccc(C(C)C)cc1CCNN. The zero-order valence-corrected chi connectivity index (χ0v) is 9.71. The van der Waals surface area contributed by atoms with Crippen LogP contribution in [0.1, 0.15) is 30.9 Å². The van der Waals surface area contributed by atoms with Crippen molar-refractivity contribution >= 4 is 0 Å². The van der Waals surface area contributed by atoms with Gasteiger partial charge in [-0.05, 0) is 29.5 Å². The number of hydrazine groups is 1. The highest BCUT2D eigenvalue weighted by molar-refractivity contribution is 5.38. The summed E-state index contributed by atoms with van der Waals surface area (Å²) in [7, 11) is 1.70. The van der Waals surface area contributed by atoms with E-state index in [2.05, 4.69) is 31.4 Å². The molecule has 0 spiro atoms. The van der Waals surface area contributed by atoms with Crippen molar-refractivity contribution in [2.75, 3.05) is 13.7 Å². The molecular formula is C12H20N2O. The predicted octanol–water partition coefficient (Wildman–Crippen LogP) is 1.82. The number of methoxy groups -OCH3 is 1. The summed E-state index contributed by atoms with van der Waals surface area (Å²) in [6.07, 6.45) is 0.889. The molecule has 0 radical (unpaired) electrons. The van der Waals surface area contributed by atoms with Crippen LogP contribution >= 0.6 is 0 Å². The smallest absolute Gasteiger partial charge is 0.122 e. The summed E-state index contributed by atoms with van der Waals surface area (Å²) in [5, 5.41) is 0. The largest absolute Gasteiger partial charge is 0.496 e. The summed E-state index contributed by atoms with van der Waals surface area (Å²) >= 11 is 0. The molecule has 1 aromatic rings. The van der Waals surface area contributed by atoms with Crippen LogP contribution in [0.15, 0.2) is 18.2 Å². The van der Waals surface area contributed by atoms with E-state index >= 15 is 0 Å². The molecule has 0 aliphatic rings. The Morgan fingerprint density at radius 2 is 2.13 bits per heavy atom. The summed E-state index contributed by atoms with van der Waals surface area (Å²) in [4.78, 5) is 0. The highest BCUT2D eigenvalue weighted by Gasteiger charge is 2.06. The topological polar surface area (TPSA) is 47.3 Å². The van der Waals surface area contributed by atoms with Crippen molar-refractivity contribution in [1.29, 1.82) is 0 Å². The van der Waals surface area contributed by atoms with E-state index in [0.717, 1.165) is 18.7 Å². The Labute approximate surface area is 91.6 Å². The minimum absolute atomic E-state index is 0.542. The Morgan fingerprint density at radius 3 is 2.67 bits per heavy atom. The first-order valence-electron chi connectivity index (χ1n) is 5.29. The second-order valence-electron chi connectivity index (χ2n) is 3.93. The van der Waals surface area contributed by atoms with Gasteiger partial charge in [0.1, 0.15) is 5.75 Å². The molecule has 0 aliphatic heterocycles. The van der Waals surface area contributed by atoms with Crippen molar-refractivity contribution < 1.29 is 4.74 Å². The van der Waals surface area contributed by atoms with E-state index in [1.54, 1.807) is 7.11 Å². The van der Waals surface area contributed by atoms with Crippen LogP contribution in [0.5, 0.6) is 5.75 Å². The monoisotopic (exact) mass is 208 g/mol. The normalized spacial score (nSPS) is 10.7. The first kappa shape index (κ1) is 12.0. The zero-order valence-electron chi connectivity index (χ0n) is 9.71. The second kappa shape index (κ2) is 5.73. The second-order valence-corrected chi connectivity index (χ2v) is 3.93. The zero-order chi connectivity index (χ0) is 11.3. The number of nitrogens with two attached hydrogens (primary N) is 1. The summed E-state index contributed by atoms with van der Waals surface area (Å²) in [5.41, 5.74) is 5.21. The lowest BCUT2D eigenvalue weighted by molar-refractivity contribution is 0.409. The predicted molar refractivity (Wildman–Crippen MR) is 63.0 cm³/mol. The van der Waals surface area contributed by atoms with Gasteiger partial charge in [0.05, 0.1) is 7.11 Å². The Kier molecular flexibility index (Phi) is 4.59. The molecule has 84 valence electrons. The van der Waals surface area contributed by atoms with Crippen molar-refractivity contribution in [3.05, 3.63) is 29.3 Å². The summed E-state index contributed by atoms with van der Waals surface area (Å²) in [5.74, 6) is 6.76. The molecule has 0 fully saturated rings. The Morgan fingerprint density at radius 1 is 1.40 bits per heavy atom. The molecule has 0 atom stereocenters. The van der Waals surface area contributed by atoms with E-state index < -0.39 is 0 Å². The molecule has 3 N–H and O–H groups in total. The molecule has 1 rings (SSSR count). The molecule has 15 heavy (non-hydrogen) atoms. The van der Waals surface area contributed by atoms with Crippen molar-refractivity contribution in [3.8, 4) is 5.75 Å². The highest BCUT2D eigenvalue weighted by atomic mass is 16.5. The van der Waals surface area contributed by atoms with Crippen molar-refractivity contribution in [2.45, 2.75) is 26.2 Å². The molecule has 0 saturated heterocycles. The number of ether oxygens (including phenoxy) is 1. The maximum atomic E-state index is 5.31. The van der Waals surface area contributed by atoms with E-state index in [1.807, 2.05) is 6.07 Å². The van der Waals surface area contributed by atoms with Crippen molar-refractivity contribution in [2.24, 2.45) is 5.84 Å². The lowest BCUT2D eigenvalue weighted by Crippen LogP contribution is -2.24. The van der Waals surface area contributed by atoms with E-state index in [-0.39, 0.29) is 0 Å². The fraction of sp³-hybridized carbons (Fsp3) is 0.500. The number of benzene rings is 1. The minimum atomic E-state index is 0.542. The lowest BCUT2D eigenvalue weighted by atomic mass is 9.99. The van der Waals surface area contributed by atoms with Crippen LogP contribution in [-0.4, -0.2) is 13.7 Å². The first-order chi connectivity index (χ1) is 7.19. The van der Waals surface area contributed by atoms with Crippen molar-refractivity contribution in [3.63, 3.8) is 0 Å². The van der Waals surface area contributed by atoms with Gasteiger partial charge < -0.3 is 4.74 Å². The summed E-state index contributed by atoms with van der Waals surface area (Å²) < 4.78 is 5.31. The van der Waals surface area contributed by atoms with E-state index in [9.17, 15) is 0 Å². The highest BCUT2D eigenvalue weighted by Crippen LogP contribution is 2.24. The van der Waals surface area contributed by atoms with Crippen LogP contribution in [0, 0.1) is 0 Å². The first-order valence-corrected chi connectivity index (χ1v) is 5.29. The van der Waals surface area contributed by atoms with Crippen LogP contribution in [0.4, 0.5) is 0 Å². The molecular weight excluding hydrogens is 188 g/mol. The van der Waals surface area contributed by atoms with Gasteiger partial charge in [0.2, 0.25) is 0 Å². The maximum Gasteiger partial charge on any atom is 0.122 e. The fourth-order valence-electron chi connectivity index (χ4n) is 1.56. The Balaban J connectivity index is 2.91. The van der Waals surface area contributed by atoms with Crippen LogP contribution in [0.2, 0.25) is 0 Å². The number of rotatable bonds is 5. The third-order valence-corrected chi connectivity index (χ3v) is 2.51.